The van der Waals surface area contributed by atoms with Crippen LogP contribution in [0.15, 0.2) is 24.3 Å². The zero-order valence-electron chi connectivity index (χ0n) is 11.4. The molecule has 1 aliphatic rings. The first-order valence-electron chi connectivity index (χ1n) is 6.64. The lowest BCUT2D eigenvalue weighted by molar-refractivity contribution is 0.282. The summed E-state index contributed by atoms with van der Waals surface area (Å²) in [5, 5.41) is 3.44. The number of hydrogen-bond donors (Lipinski definition) is 1. The molecule has 1 heterocycles. The van der Waals surface area contributed by atoms with Crippen LogP contribution in [0.25, 0.3) is 0 Å². The molecule has 17 heavy (non-hydrogen) atoms. The van der Waals surface area contributed by atoms with Crippen molar-refractivity contribution < 1.29 is 0 Å². The van der Waals surface area contributed by atoms with Crippen molar-refractivity contribution in [3.05, 3.63) is 29.8 Å². The second kappa shape index (κ2) is 5.09. The van der Waals surface area contributed by atoms with E-state index in [0.717, 1.165) is 6.54 Å². The molecule has 1 aromatic carbocycles. The summed E-state index contributed by atoms with van der Waals surface area (Å²) >= 11 is 0. The minimum atomic E-state index is 0.599. The number of rotatable bonds is 2. The van der Waals surface area contributed by atoms with E-state index in [9.17, 15) is 0 Å². The Labute approximate surface area is 105 Å². The molecule has 2 nitrogen and oxygen atoms in total. The molecule has 1 saturated heterocycles. The van der Waals surface area contributed by atoms with Crippen molar-refractivity contribution in [2.24, 2.45) is 5.92 Å². The van der Waals surface area contributed by atoms with Crippen molar-refractivity contribution >= 4 is 5.69 Å². The summed E-state index contributed by atoms with van der Waals surface area (Å²) in [6.07, 6.45) is 1.23. The van der Waals surface area contributed by atoms with Crippen molar-refractivity contribution in [1.82, 2.24) is 5.32 Å². The lowest BCUT2D eigenvalue weighted by Crippen LogP contribution is -2.53. The SMILES string of the molecule is CNC1CCN(c2ccccc2C)C(C)C1C. The van der Waals surface area contributed by atoms with Crippen LogP contribution in [0.1, 0.15) is 25.8 Å². The third-order valence-corrected chi connectivity index (χ3v) is 4.36. The van der Waals surface area contributed by atoms with Gasteiger partial charge in [-0.25, -0.2) is 0 Å². The predicted molar refractivity (Wildman–Crippen MR) is 74.6 cm³/mol. The highest BCUT2D eigenvalue weighted by molar-refractivity contribution is 5.54. The van der Waals surface area contributed by atoms with Gasteiger partial charge in [-0.1, -0.05) is 25.1 Å². The van der Waals surface area contributed by atoms with Gasteiger partial charge >= 0.3 is 0 Å². The Morgan fingerprint density at radius 3 is 2.59 bits per heavy atom. The van der Waals surface area contributed by atoms with Crippen molar-refractivity contribution in [1.29, 1.82) is 0 Å². The predicted octanol–water partition coefficient (Wildman–Crippen LogP) is 2.82. The van der Waals surface area contributed by atoms with Crippen LogP contribution in [0, 0.1) is 12.8 Å². The summed E-state index contributed by atoms with van der Waals surface area (Å²) in [5.41, 5.74) is 2.79. The number of hydrogen-bond acceptors (Lipinski definition) is 2. The molecule has 0 aromatic heterocycles. The number of benzene rings is 1. The number of piperidine rings is 1. The van der Waals surface area contributed by atoms with Crippen molar-refractivity contribution in [2.45, 2.75) is 39.3 Å². The fourth-order valence-corrected chi connectivity index (χ4v) is 3.00. The van der Waals surface area contributed by atoms with Gasteiger partial charge in [-0.15, -0.1) is 0 Å². The smallest absolute Gasteiger partial charge is 0.0398 e. The zero-order chi connectivity index (χ0) is 12.4. The molecule has 0 radical (unpaired) electrons. The number of nitrogens with zero attached hydrogens (tertiary/aromatic N) is 1. The molecule has 0 amide bonds. The fraction of sp³-hybridized carbons (Fsp3) is 0.600. The van der Waals surface area contributed by atoms with Gasteiger partial charge in [0.15, 0.2) is 0 Å². The Hall–Kier alpha value is -1.02. The standard InChI is InChI=1S/C15H24N2/c1-11-7-5-6-8-15(11)17-10-9-14(16-4)12(2)13(17)3/h5-8,12-14,16H,9-10H2,1-4H3. The lowest BCUT2D eigenvalue weighted by Gasteiger charge is -2.44. The van der Waals surface area contributed by atoms with E-state index in [4.69, 9.17) is 0 Å². The van der Waals surface area contributed by atoms with E-state index < -0.39 is 0 Å². The van der Waals surface area contributed by atoms with E-state index >= 15 is 0 Å². The highest BCUT2D eigenvalue weighted by atomic mass is 15.2. The van der Waals surface area contributed by atoms with E-state index in [2.05, 4.69) is 62.3 Å². The van der Waals surface area contributed by atoms with Gasteiger partial charge in [0.25, 0.3) is 0 Å². The van der Waals surface area contributed by atoms with E-state index in [1.807, 2.05) is 0 Å². The number of nitrogens with one attached hydrogen (secondary N) is 1. The van der Waals surface area contributed by atoms with Gasteiger partial charge in [-0.2, -0.15) is 0 Å². The van der Waals surface area contributed by atoms with E-state index in [1.54, 1.807) is 0 Å². The quantitative estimate of drug-likeness (QED) is 0.843. The summed E-state index contributed by atoms with van der Waals surface area (Å²) in [6.45, 7) is 8.07. The highest BCUT2D eigenvalue weighted by Crippen LogP contribution is 2.30. The van der Waals surface area contributed by atoms with Crippen molar-refractivity contribution in [3.63, 3.8) is 0 Å². The first kappa shape index (κ1) is 12.4. The molecule has 1 N–H and O–H groups in total. The fourth-order valence-electron chi connectivity index (χ4n) is 3.00. The zero-order valence-corrected chi connectivity index (χ0v) is 11.4. The second-order valence-electron chi connectivity index (χ2n) is 5.26. The molecule has 1 aromatic rings. The van der Waals surface area contributed by atoms with Crippen molar-refractivity contribution in [2.75, 3.05) is 18.5 Å². The van der Waals surface area contributed by atoms with Gasteiger partial charge in [0.1, 0.15) is 0 Å². The Morgan fingerprint density at radius 2 is 1.94 bits per heavy atom. The number of para-hydroxylation sites is 1. The molecule has 1 fully saturated rings. The van der Waals surface area contributed by atoms with Crippen molar-refractivity contribution in [3.8, 4) is 0 Å². The van der Waals surface area contributed by atoms with E-state index in [1.165, 1.54) is 17.7 Å². The summed E-state index contributed by atoms with van der Waals surface area (Å²) in [4.78, 5) is 2.56. The average Bonchev–Trinajstić information content (AvgIpc) is 2.34. The normalized spacial score (nSPS) is 29.4. The number of anilines is 1. The van der Waals surface area contributed by atoms with Crippen LogP contribution < -0.4 is 10.2 Å². The minimum Gasteiger partial charge on any atom is -0.368 e. The Bertz CT molecular complexity index is 375. The van der Waals surface area contributed by atoms with Crippen LogP contribution in [0.4, 0.5) is 5.69 Å². The molecule has 0 aliphatic carbocycles. The topological polar surface area (TPSA) is 15.3 Å². The van der Waals surface area contributed by atoms with E-state index in [0.29, 0.717) is 18.0 Å². The van der Waals surface area contributed by atoms with Gasteiger partial charge in [0.05, 0.1) is 0 Å². The van der Waals surface area contributed by atoms with Gasteiger partial charge in [0.2, 0.25) is 0 Å². The van der Waals surface area contributed by atoms with Crippen LogP contribution >= 0.6 is 0 Å². The maximum absolute atomic E-state index is 3.44. The van der Waals surface area contributed by atoms with Gasteiger partial charge in [-0.3, -0.25) is 0 Å². The summed E-state index contributed by atoms with van der Waals surface area (Å²) in [5.74, 6) is 0.688. The molecule has 2 rings (SSSR count). The largest absolute Gasteiger partial charge is 0.368 e. The molecule has 0 bridgehead atoms. The van der Waals surface area contributed by atoms with E-state index in [-0.39, 0.29) is 0 Å². The van der Waals surface area contributed by atoms with Crippen LogP contribution in [-0.4, -0.2) is 25.7 Å². The van der Waals surface area contributed by atoms with Crippen LogP contribution in [0.3, 0.4) is 0 Å². The molecular weight excluding hydrogens is 208 g/mol. The maximum Gasteiger partial charge on any atom is 0.0398 e. The summed E-state index contributed by atoms with van der Waals surface area (Å²) in [6, 6.07) is 9.97. The Morgan fingerprint density at radius 1 is 1.24 bits per heavy atom. The molecule has 1 aliphatic heterocycles. The monoisotopic (exact) mass is 232 g/mol. The molecule has 94 valence electrons. The third-order valence-electron chi connectivity index (χ3n) is 4.36. The minimum absolute atomic E-state index is 0.599. The Kier molecular flexibility index (Phi) is 3.72. The second-order valence-corrected chi connectivity index (χ2v) is 5.26. The first-order valence-corrected chi connectivity index (χ1v) is 6.64. The van der Waals surface area contributed by atoms with Gasteiger partial charge < -0.3 is 10.2 Å². The summed E-state index contributed by atoms with van der Waals surface area (Å²) < 4.78 is 0. The first-order chi connectivity index (χ1) is 8.15. The summed E-state index contributed by atoms with van der Waals surface area (Å²) in [7, 11) is 2.08. The molecule has 0 spiro atoms. The molecule has 0 saturated carbocycles. The Balaban J connectivity index is 2.21. The van der Waals surface area contributed by atoms with Crippen LogP contribution in [-0.2, 0) is 0 Å². The van der Waals surface area contributed by atoms with Gasteiger partial charge in [-0.05, 0) is 44.9 Å². The highest BCUT2D eigenvalue weighted by Gasteiger charge is 2.31. The van der Waals surface area contributed by atoms with Gasteiger partial charge in [0, 0.05) is 24.3 Å². The molecule has 2 heteroatoms. The molecular formula is C15H24N2. The maximum atomic E-state index is 3.44. The molecule has 3 unspecified atom stereocenters. The lowest BCUT2D eigenvalue weighted by atomic mass is 9.86. The molecule has 3 atom stereocenters. The van der Waals surface area contributed by atoms with Crippen LogP contribution in [0.5, 0.6) is 0 Å². The number of aryl methyl sites for hydroxylation is 1. The van der Waals surface area contributed by atoms with Crippen LogP contribution in [0.2, 0.25) is 0 Å². The third kappa shape index (κ3) is 2.32. The average molecular weight is 232 g/mol.